The Balaban J connectivity index is 1.86. The molecular weight excluding hydrogens is 445 g/mol. The molecule has 1 aromatic heterocycles. The first-order chi connectivity index (χ1) is 14.3. The molecule has 0 bridgehead atoms. The van der Waals surface area contributed by atoms with Gasteiger partial charge in [-0.3, -0.25) is 9.71 Å². The topological polar surface area (TPSA) is 80.3 Å². The van der Waals surface area contributed by atoms with Gasteiger partial charge >= 0.3 is 0 Å². The Morgan fingerprint density at radius 3 is 2.50 bits per heavy atom. The minimum Gasteiger partial charge on any atom is -0.487 e. The maximum Gasteiger partial charge on any atom is 0.261 e. The van der Waals surface area contributed by atoms with Gasteiger partial charge in [0.05, 0.1) is 15.6 Å². The monoisotopic (exact) mass is 463 g/mol. The van der Waals surface area contributed by atoms with Crippen molar-refractivity contribution in [3.63, 3.8) is 0 Å². The van der Waals surface area contributed by atoms with E-state index in [1.54, 1.807) is 13.1 Å². The molecule has 3 aromatic rings. The number of hydrogen-bond donors (Lipinski definition) is 2. The number of para-hydroxylation sites is 1. The number of ether oxygens (including phenoxy) is 1. The lowest BCUT2D eigenvalue weighted by Crippen LogP contribution is -2.15. The Bertz CT molecular complexity index is 1170. The van der Waals surface area contributed by atoms with Crippen LogP contribution in [0.4, 0.5) is 5.69 Å². The summed E-state index contributed by atoms with van der Waals surface area (Å²) in [5.74, 6) is 0.583. The zero-order chi connectivity index (χ0) is 21.7. The molecule has 2 aromatic carbocycles. The predicted octanol–water partition coefficient (Wildman–Crippen LogP) is 4.96. The third-order valence-electron chi connectivity index (χ3n) is 4.18. The van der Waals surface area contributed by atoms with E-state index in [0.717, 1.165) is 5.56 Å². The smallest absolute Gasteiger partial charge is 0.261 e. The van der Waals surface area contributed by atoms with Gasteiger partial charge in [-0.2, -0.15) is 0 Å². The fourth-order valence-electron chi connectivity index (χ4n) is 2.61. The fraction of sp³-hybridized carbons (Fsp3) is 0.0952. The van der Waals surface area contributed by atoms with Crippen molar-refractivity contribution in [3.05, 3.63) is 88.7 Å². The average Bonchev–Trinajstić information content (AvgIpc) is 2.73. The van der Waals surface area contributed by atoms with Crippen LogP contribution in [0.15, 0.2) is 72.3 Å². The van der Waals surface area contributed by atoms with Crippen molar-refractivity contribution in [1.29, 1.82) is 0 Å². The molecule has 0 saturated carbocycles. The van der Waals surface area contributed by atoms with Crippen LogP contribution in [-0.2, 0) is 16.6 Å². The molecule has 0 spiro atoms. The normalized spacial score (nSPS) is 11.0. The zero-order valence-electron chi connectivity index (χ0n) is 16.0. The van der Waals surface area contributed by atoms with Crippen molar-refractivity contribution in [2.45, 2.75) is 11.5 Å². The van der Waals surface area contributed by atoms with Gasteiger partial charge in [-0.05, 0) is 42.5 Å². The first kappa shape index (κ1) is 22.0. The molecule has 156 valence electrons. The van der Waals surface area contributed by atoms with Crippen LogP contribution >= 0.6 is 23.2 Å². The van der Waals surface area contributed by atoms with E-state index >= 15 is 0 Å². The van der Waals surface area contributed by atoms with Crippen molar-refractivity contribution in [1.82, 2.24) is 10.3 Å². The number of hydrogen-bond acceptors (Lipinski definition) is 5. The van der Waals surface area contributed by atoms with Crippen molar-refractivity contribution < 1.29 is 13.2 Å². The average molecular weight is 464 g/mol. The Morgan fingerprint density at radius 2 is 1.80 bits per heavy atom. The van der Waals surface area contributed by atoms with Crippen molar-refractivity contribution in [3.8, 4) is 5.75 Å². The van der Waals surface area contributed by atoms with E-state index in [1.807, 2.05) is 18.2 Å². The highest BCUT2D eigenvalue weighted by molar-refractivity contribution is 7.92. The summed E-state index contributed by atoms with van der Waals surface area (Å²) in [6, 6.07) is 14.7. The van der Waals surface area contributed by atoms with Crippen LogP contribution in [0.25, 0.3) is 5.70 Å². The molecule has 0 atom stereocenters. The van der Waals surface area contributed by atoms with Gasteiger partial charge in [0.15, 0.2) is 0 Å². The molecule has 30 heavy (non-hydrogen) atoms. The van der Waals surface area contributed by atoms with Gasteiger partial charge in [-0.25, -0.2) is 8.42 Å². The number of pyridine rings is 1. The van der Waals surface area contributed by atoms with E-state index in [0.29, 0.717) is 22.2 Å². The van der Waals surface area contributed by atoms with E-state index in [2.05, 4.69) is 21.6 Å². The lowest BCUT2D eigenvalue weighted by molar-refractivity contribution is 0.301. The summed E-state index contributed by atoms with van der Waals surface area (Å²) in [4.78, 5) is 4.30. The molecule has 6 nitrogen and oxygen atoms in total. The SMILES string of the molecule is C=C(NC)c1ccccc1OCc1ncc(Cl)cc1NS(=O)(=O)c1ccc(Cl)cc1. The first-order valence-electron chi connectivity index (χ1n) is 8.82. The molecule has 0 unspecified atom stereocenters. The summed E-state index contributed by atoms with van der Waals surface area (Å²) >= 11 is 11.9. The van der Waals surface area contributed by atoms with Crippen LogP contribution < -0.4 is 14.8 Å². The minimum atomic E-state index is -3.86. The first-order valence-corrected chi connectivity index (χ1v) is 11.1. The van der Waals surface area contributed by atoms with Gasteiger partial charge in [0.1, 0.15) is 18.1 Å². The molecule has 1 heterocycles. The number of sulfonamides is 1. The van der Waals surface area contributed by atoms with Crippen molar-refractivity contribution >= 4 is 44.6 Å². The molecular formula is C21H19Cl2N3O3S. The maximum absolute atomic E-state index is 12.7. The number of aromatic nitrogens is 1. The van der Waals surface area contributed by atoms with E-state index in [1.165, 1.54) is 36.5 Å². The molecule has 0 radical (unpaired) electrons. The number of nitrogens with zero attached hydrogens (tertiary/aromatic N) is 1. The Morgan fingerprint density at radius 1 is 1.10 bits per heavy atom. The van der Waals surface area contributed by atoms with Gasteiger partial charge in [0.2, 0.25) is 0 Å². The van der Waals surface area contributed by atoms with Crippen molar-refractivity contribution in [2.75, 3.05) is 11.8 Å². The van der Waals surface area contributed by atoms with E-state index in [-0.39, 0.29) is 22.2 Å². The van der Waals surface area contributed by atoms with Gasteiger partial charge in [0, 0.05) is 29.5 Å². The fourth-order valence-corrected chi connectivity index (χ4v) is 3.97. The van der Waals surface area contributed by atoms with Gasteiger partial charge in [0.25, 0.3) is 10.0 Å². The third kappa shape index (κ3) is 5.24. The van der Waals surface area contributed by atoms with E-state index in [9.17, 15) is 8.42 Å². The second-order valence-electron chi connectivity index (χ2n) is 6.22. The zero-order valence-corrected chi connectivity index (χ0v) is 18.4. The van der Waals surface area contributed by atoms with Gasteiger partial charge in [-0.15, -0.1) is 0 Å². The lowest BCUT2D eigenvalue weighted by Gasteiger charge is -2.15. The quantitative estimate of drug-likeness (QED) is 0.493. The second-order valence-corrected chi connectivity index (χ2v) is 8.78. The molecule has 0 amide bonds. The van der Waals surface area contributed by atoms with E-state index in [4.69, 9.17) is 27.9 Å². The number of anilines is 1. The minimum absolute atomic E-state index is 0.0175. The highest BCUT2D eigenvalue weighted by atomic mass is 35.5. The molecule has 0 aliphatic carbocycles. The van der Waals surface area contributed by atoms with Crippen LogP contribution in [0.2, 0.25) is 10.0 Å². The molecule has 2 N–H and O–H groups in total. The standard InChI is InChI=1S/C21H19Cl2N3O3S/c1-14(24-2)18-5-3-4-6-21(18)29-13-20-19(11-16(23)12-25-20)26-30(27,28)17-9-7-15(22)8-10-17/h3-12,24,26H,1,13H2,2H3. The molecule has 0 aliphatic heterocycles. The highest BCUT2D eigenvalue weighted by Crippen LogP contribution is 2.27. The predicted molar refractivity (Wildman–Crippen MR) is 120 cm³/mol. The number of halogens is 2. The number of nitrogens with one attached hydrogen (secondary N) is 2. The largest absolute Gasteiger partial charge is 0.487 e. The molecule has 3 rings (SSSR count). The number of benzene rings is 2. The summed E-state index contributed by atoms with van der Waals surface area (Å²) in [6.07, 6.45) is 1.43. The summed E-state index contributed by atoms with van der Waals surface area (Å²) in [5, 5.41) is 3.71. The number of rotatable bonds is 8. The summed E-state index contributed by atoms with van der Waals surface area (Å²) in [7, 11) is -2.10. The maximum atomic E-state index is 12.7. The Labute approximate surface area is 185 Å². The van der Waals surface area contributed by atoms with Gasteiger partial charge < -0.3 is 10.1 Å². The molecule has 0 aliphatic rings. The van der Waals surface area contributed by atoms with Crippen LogP contribution in [-0.4, -0.2) is 20.4 Å². The van der Waals surface area contributed by atoms with Crippen molar-refractivity contribution in [2.24, 2.45) is 0 Å². The second kappa shape index (κ2) is 9.38. The summed E-state index contributed by atoms with van der Waals surface area (Å²) < 4.78 is 33.9. The van der Waals surface area contributed by atoms with Crippen LogP contribution in [0.1, 0.15) is 11.3 Å². The van der Waals surface area contributed by atoms with Gasteiger partial charge in [-0.1, -0.05) is 41.9 Å². The molecule has 0 fully saturated rings. The Kier molecular flexibility index (Phi) is 6.87. The molecule has 0 saturated heterocycles. The summed E-state index contributed by atoms with van der Waals surface area (Å²) in [6.45, 7) is 3.97. The lowest BCUT2D eigenvalue weighted by atomic mass is 10.1. The van der Waals surface area contributed by atoms with Crippen LogP contribution in [0.5, 0.6) is 5.75 Å². The van der Waals surface area contributed by atoms with Crippen LogP contribution in [0, 0.1) is 0 Å². The van der Waals surface area contributed by atoms with E-state index < -0.39 is 10.0 Å². The molecule has 9 heteroatoms. The summed E-state index contributed by atoms with van der Waals surface area (Å²) in [5.41, 5.74) is 2.08. The highest BCUT2D eigenvalue weighted by Gasteiger charge is 2.18. The third-order valence-corrected chi connectivity index (χ3v) is 6.02. The Hall–Kier alpha value is -2.74. The van der Waals surface area contributed by atoms with Crippen LogP contribution in [0.3, 0.4) is 0 Å².